The molecule has 124 valence electrons. The average molecular weight is 374 g/mol. The van der Waals surface area contributed by atoms with E-state index in [0.717, 1.165) is 0 Å². The number of rotatable bonds is 3. The van der Waals surface area contributed by atoms with E-state index in [1.54, 1.807) is 12.1 Å². The van der Waals surface area contributed by atoms with E-state index in [0.29, 0.717) is 21.3 Å². The summed E-state index contributed by atoms with van der Waals surface area (Å²) >= 11 is 12.1. The van der Waals surface area contributed by atoms with Crippen LogP contribution in [0.3, 0.4) is 0 Å². The van der Waals surface area contributed by atoms with Crippen molar-refractivity contribution in [1.29, 1.82) is 10.5 Å². The molecule has 2 aromatic rings. The Kier molecular flexibility index (Phi) is 4.39. The Labute approximate surface area is 153 Å². The van der Waals surface area contributed by atoms with Crippen molar-refractivity contribution >= 4 is 34.8 Å². The van der Waals surface area contributed by atoms with Gasteiger partial charge < -0.3 is 5.32 Å². The number of benzene rings is 2. The molecule has 1 amide bonds. The monoisotopic (exact) mass is 373 g/mol. The van der Waals surface area contributed by atoms with Crippen molar-refractivity contribution in [3.63, 3.8) is 0 Å². The second kappa shape index (κ2) is 6.37. The first-order valence-corrected chi connectivity index (χ1v) is 8.02. The van der Waals surface area contributed by atoms with Gasteiger partial charge in [-0.15, -0.1) is 0 Å². The first kappa shape index (κ1) is 17.2. The molecule has 0 aliphatic heterocycles. The number of anilines is 1. The van der Waals surface area contributed by atoms with Crippen molar-refractivity contribution in [2.24, 2.45) is 11.3 Å². The number of nitrogens with zero attached hydrogens (tertiary/aromatic N) is 2. The summed E-state index contributed by atoms with van der Waals surface area (Å²) < 4.78 is 13.0. The molecule has 2 aromatic carbocycles. The molecular formula is C18H10Cl2FN3O. The molecule has 1 fully saturated rings. The van der Waals surface area contributed by atoms with Crippen LogP contribution in [0.5, 0.6) is 0 Å². The van der Waals surface area contributed by atoms with Crippen LogP contribution in [0.4, 0.5) is 10.1 Å². The molecule has 1 aliphatic rings. The standard InChI is InChI=1S/C18H10Cl2FN3O/c19-10-1-6-13(14(20)7-10)15-16(18(15,8-22)9-23)17(25)24-12-4-2-11(21)3-5-12/h1-7,15-16H,(H,24,25)/t15-,16-/m1/s1. The molecule has 25 heavy (non-hydrogen) atoms. The molecule has 0 spiro atoms. The maximum atomic E-state index is 13.0. The Morgan fingerprint density at radius 2 is 1.76 bits per heavy atom. The second-order valence-corrected chi connectivity index (χ2v) is 6.55. The Morgan fingerprint density at radius 1 is 1.12 bits per heavy atom. The zero-order valence-electron chi connectivity index (χ0n) is 12.6. The van der Waals surface area contributed by atoms with Gasteiger partial charge in [0.2, 0.25) is 5.91 Å². The molecule has 0 saturated heterocycles. The van der Waals surface area contributed by atoms with Crippen LogP contribution < -0.4 is 5.32 Å². The van der Waals surface area contributed by atoms with E-state index in [1.165, 1.54) is 30.3 Å². The highest BCUT2D eigenvalue weighted by atomic mass is 35.5. The highest BCUT2D eigenvalue weighted by Crippen LogP contribution is 2.65. The van der Waals surface area contributed by atoms with Crippen LogP contribution in [0.15, 0.2) is 42.5 Å². The summed E-state index contributed by atoms with van der Waals surface area (Å²) in [5, 5.41) is 22.3. The van der Waals surface area contributed by atoms with Gasteiger partial charge in [0.05, 0.1) is 18.1 Å². The second-order valence-electron chi connectivity index (χ2n) is 5.71. The third-order valence-corrected chi connectivity index (χ3v) is 4.83. The van der Waals surface area contributed by atoms with Crippen LogP contribution in [0.2, 0.25) is 10.0 Å². The van der Waals surface area contributed by atoms with Crippen molar-refractivity contribution in [1.82, 2.24) is 0 Å². The van der Waals surface area contributed by atoms with Gasteiger partial charge in [-0.2, -0.15) is 10.5 Å². The molecule has 3 rings (SSSR count). The fraction of sp³-hybridized carbons (Fsp3) is 0.167. The lowest BCUT2D eigenvalue weighted by atomic mass is 10.0. The predicted molar refractivity (Wildman–Crippen MR) is 91.4 cm³/mol. The minimum absolute atomic E-state index is 0.296. The third-order valence-electron chi connectivity index (χ3n) is 4.27. The van der Waals surface area contributed by atoms with E-state index in [-0.39, 0.29) is 0 Å². The normalized spacial score (nSPS) is 20.2. The minimum atomic E-state index is -1.50. The lowest BCUT2D eigenvalue weighted by molar-refractivity contribution is -0.117. The number of carbonyl (C=O) groups is 1. The minimum Gasteiger partial charge on any atom is -0.326 e. The summed E-state index contributed by atoms with van der Waals surface area (Å²) in [6, 6.07) is 13.8. The number of hydrogen-bond donors (Lipinski definition) is 1. The topological polar surface area (TPSA) is 76.7 Å². The van der Waals surface area contributed by atoms with E-state index in [9.17, 15) is 19.7 Å². The van der Waals surface area contributed by atoms with Crippen LogP contribution >= 0.6 is 23.2 Å². The SMILES string of the molecule is N#CC1(C#N)[C@H](c2ccc(Cl)cc2Cl)[C@@H]1C(=O)Nc1ccc(F)cc1. The molecule has 7 heteroatoms. The summed E-state index contributed by atoms with van der Waals surface area (Å²) in [5.74, 6) is -2.47. The van der Waals surface area contributed by atoms with Crippen LogP contribution in [0.25, 0.3) is 0 Å². The Balaban J connectivity index is 1.91. The highest BCUT2D eigenvalue weighted by molar-refractivity contribution is 6.35. The maximum Gasteiger partial charge on any atom is 0.230 e. The van der Waals surface area contributed by atoms with E-state index in [1.807, 2.05) is 12.1 Å². The van der Waals surface area contributed by atoms with Gasteiger partial charge in [0.25, 0.3) is 0 Å². The molecule has 0 radical (unpaired) electrons. The van der Waals surface area contributed by atoms with Crippen molar-refractivity contribution in [3.05, 3.63) is 63.9 Å². The Hall–Kier alpha value is -2.60. The van der Waals surface area contributed by atoms with Crippen molar-refractivity contribution in [2.75, 3.05) is 5.32 Å². The summed E-state index contributed by atoms with van der Waals surface area (Å²) in [7, 11) is 0. The maximum absolute atomic E-state index is 13.0. The lowest BCUT2D eigenvalue weighted by Gasteiger charge is -2.05. The van der Waals surface area contributed by atoms with Gasteiger partial charge >= 0.3 is 0 Å². The Morgan fingerprint density at radius 3 is 2.32 bits per heavy atom. The molecule has 0 aromatic heterocycles. The molecule has 0 heterocycles. The smallest absolute Gasteiger partial charge is 0.230 e. The molecule has 2 atom stereocenters. The molecule has 1 saturated carbocycles. The molecular weight excluding hydrogens is 364 g/mol. The molecule has 0 bridgehead atoms. The fourth-order valence-electron chi connectivity index (χ4n) is 2.98. The van der Waals surface area contributed by atoms with Gasteiger partial charge in [-0.1, -0.05) is 29.3 Å². The summed E-state index contributed by atoms with van der Waals surface area (Å²) in [5.41, 5.74) is -0.598. The third kappa shape index (κ3) is 2.93. The van der Waals surface area contributed by atoms with Gasteiger partial charge in [0.1, 0.15) is 5.82 Å². The number of nitrogens with one attached hydrogen (secondary N) is 1. The zero-order valence-corrected chi connectivity index (χ0v) is 14.1. The largest absolute Gasteiger partial charge is 0.326 e. The molecule has 4 nitrogen and oxygen atoms in total. The summed E-state index contributed by atoms with van der Waals surface area (Å²) in [6.45, 7) is 0. The van der Waals surface area contributed by atoms with Gasteiger partial charge in [-0.3, -0.25) is 4.79 Å². The van der Waals surface area contributed by atoms with Gasteiger partial charge in [-0.05, 0) is 42.0 Å². The van der Waals surface area contributed by atoms with E-state index >= 15 is 0 Å². The summed E-state index contributed by atoms with van der Waals surface area (Å²) in [6.07, 6.45) is 0. The van der Waals surface area contributed by atoms with E-state index in [2.05, 4.69) is 5.32 Å². The predicted octanol–water partition coefficient (Wildman–Crippen LogP) is 4.52. The molecule has 1 aliphatic carbocycles. The van der Waals surface area contributed by atoms with Crippen molar-refractivity contribution in [2.45, 2.75) is 5.92 Å². The van der Waals surface area contributed by atoms with E-state index < -0.39 is 29.0 Å². The average Bonchev–Trinajstić information content (AvgIpc) is 3.26. The first-order valence-electron chi connectivity index (χ1n) is 7.27. The molecule has 1 N–H and O–H groups in total. The zero-order chi connectivity index (χ0) is 18.2. The van der Waals surface area contributed by atoms with E-state index in [4.69, 9.17) is 23.2 Å². The fourth-order valence-corrected chi connectivity index (χ4v) is 3.51. The van der Waals surface area contributed by atoms with Crippen molar-refractivity contribution < 1.29 is 9.18 Å². The van der Waals surface area contributed by atoms with Crippen LogP contribution in [-0.4, -0.2) is 5.91 Å². The van der Waals surface area contributed by atoms with Crippen LogP contribution in [-0.2, 0) is 4.79 Å². The van der Waals surface area contributed by atoms with Crippen LogP contribution in [0.1, 0.15) is 11.5 Å². The van der Waals surface area contributed by atoms with Crippen molar-refractivity contribution in [3.8, 4) is 12.1 Å². The first-order chi connectivity index (χ1) is 11.9. The quantitative estimate of drug-likeness (QED) is 0.858. The lowest BCUT2D eigenvalue weighted by Crippen LogP contribution is -2.17. The number of carbonyl (C=O) groups excluding carboxylic acids is 1. The number of hydrogen-bond acceptors (Lipinski definition) is 3. The van der Waals surface area contributed by atoms with Gasteiger partial charge in [0.15, 0.2) is 5.41 Å². The Bertz CT molecular complexity index is 917. The van der Waals surface area contributed by atoms with Gasteiger partial charge in [-0.25, -0.2) is 4.39 Å². The number of halogens is 3. The molecule has 0 unspecified atom stereocenters. The number of nitriles is 2. The van der Waals surface area contributed by atoms with Crippen LogP contribution in [0, 0.1) is 39.8 Å². The highest BCUT2D eigenvalue weighted by Gasteiger charge is 2.71. The summed E-state index contributed by atoms with van der Waals surface area (Å²) in [4.78, 5) is 12.6. The number of amides is 1. The van der Waals surface area contributed by atoms with Gasteiger partial charge in [0, 0.05) is 21.7 Å².